The molecule has 0 bridgehead atoms. The Morgan fingerprint density at radius 3 is 1.00 bits per heavy atom. The van der Waals surface area contributed by atoms with Crippen molar-refractivity contribution in [3.63, 3.8) is 0 Å². The average Bonchev–Trinajstić information content (AvgIpc) is 0. The summed E-state index contributed by atoms with van der Waals surface area (Å²) in [6.07, 6.45) is 0. The zero-order valence-corrected chi connectivity index (χ0v) is 15.4. The maximum Gasteiger partial charge on any atom is 0 e. The van der Waals surface area contributed by atoms with E-state index in [4.69, 9.17) is 0 Å². The van der Waals surface area contributed by atoms with Gasteiger partial charge in [-0.3, -0.25) is 0 Å². The summed E-state index contributed by atoms with van der Waals surface area (Å²) >= 11 is 0. The number of hydrogen-bond acceptors (Lipinski definition) is 0. The zero-order valence-electron chi connectivity index (χ0n) is 2.36. The van der Waals surface area contributed by atoms with Crippen LogP contribution in [0.25, 0.3) is 0 Å². The minimum Gasteiger partial charge on any atom is 0 e. The maximum atomic E-state index is 0. The van der Waals surface area contributed by atoms with Crippen LogP contribution in [0.1, 0.15) is 0 Å². The summed E-state index contributed by atoms with van der Waals surface area (Å²) in [6, 6.07) is 0. The van der Waals surface area contributed by atoms with Crippen LogP contribution in [0.15, 0.2) is 0 Å². The first-order valence-corrected chi connectivity index (χ1v) is 0. The van der Waals surface area contributed by atoms with E-state index in [-0.39, 0.29) is 118 Å². The summed E-state index contributed by atoms with van der Waals surface area (Å²) in [5.41, 5.74) is 0. The van der Waals surface area contributed by atoms with Gasteiger partial charge >= 0.3 is 0 Å². The Kier molecular flexibility index (Phi) is 97.9. The summed E-state index contributed by atoms with van der Waals surface area (Å²) < 4.78 is 0. The Balaban J connectivity index is 0. The van der Waals surface area contributed by atoms with Crippen molar-refractivity contribution < 1.29 is 0 Å². The van der Waals surface area contributed by atoms with Crippen molar-refractivity contribution in [2.75, 3.05) is 0 Å². The van der Waals surface area contributed by atoms with Crippen molar-refractivity contribution in [3.05, 3.63) is 0 Å². The fraction of sp³-hybridized carbons (Fsp3) is 0. The van der Waals surface area contributed by atoms with E-state index >= 15 is 0 Å². The van der Waals surface area contributed by atoms with Gasteiger partial charge in [0, 0.05) is 118 Å². The molecule has 0 aromatic rings. The van der Waals surface area contributed by atoms with Gasteiger partial charge in [0.05, 0.1) is 0 Å². The second kappa shape index (κ2) is 15.8. The number of rotatable bonds is 0. The molecule has 0 atom stereocenters. The van der Waals surface area contributed by atoms with Crippen LogP contribution in [-0.2, 0) is 0 Å². The first kappa shape index (κ1) is 24.8. The van der Waals surface area contributed by atoms with Gasteiger partial charge in [0.15, 0.2) is 0 Å². The van der Waals surface area contributed by atoms with Crippen LogP contribution < -0.4 is 0 Å². The third kappa shape index (κ3) is 9.30. The summed E-state index contributed by atoms with van der Waals surface area (Å²) in [5, 5.41) is 0. The van der Waals surface area contributed by atoms with Crippen molar-refractivity contribution in [3.8, 4) is 0 Å². The SMILES string of the molecule is [Ba].[Ga].[In].[Sn]. The minimum atomic E-state index is 0. The van der Waals surface area contributed by atoms with Crippen molar-refractivity contribution in [1.29, 1.82) is 0 Å². The van der Waals surface area contributed by atoms with Crippen LogP contribution in [0, 0.1) is 0 Å². The molecule has 0 heterocycles. The largest absolute Gasteiger partial charge is 0 e. The van der Waals surface area contributed by atoms with Gasteiger partial charge in [0.1, 0.15) is 0 Å². The van der Waals surface area contributed by atoms with E-state index in [0.29, 0.717) is 0 Å². The molecule has 0 N–H and O–H groups in total. The third-order valence-corrected chi connectivity index (χ3v) is 0. The molecule has 4 heavy (non-hydrogen) atoms. The topological polar surface area (TPSA) is 0 Å². The second-order valence-electron chi connectivity index (χ2n) is 0. The molecule has 0 aliphatic heterocycles. The molecule has 0 amide bonds. The fourth-order valence-corrected chi connectivity index (χ4v) is 0. The fourth-order valence-electron chi connectivity index (χ4n) is 0. The van der Waals surface area contributed by atoms with Crippen LogP contribution in [0.4, 0.5) is 0 Å². The van der Waals surface area contributed by atoms with Crippen LogP contribution in [0.3, 0.4) is 0 Å². The third-order valence-electron chi connectivity index (χ3n) is 0. The Hall–Kier alpha value is 3.88. The second-order valence-corrected chi connectivity index (χ2v) is 0. The molecule has 0 aliphatic rings. The van der Waals surface area contributed by atoms with E-state index in [1.54, 1.807) is 0 Å². The molecule has 0 nitrogen and oxygen atoms in total. The van der Waals surface area contributed by atoms with E-state index in [0.717, 1.165) is 0 Å². The zero-order chi connectivity index (χ0) is 0. The van der Waals surface area contributed by atoms with Gasteiger partial charge in [0.25, 0.3) is 0 Å². The van der Waals surface area contributed by atoms with E-state index in [9.17, 15) is 0 Å². The van der Waals surface area contributed by atoms with Gasteiger partial charge in [-0.1, -0.05) is 0 Å². The van der Waals surface area contributed by atoms with Crippen molar-refractivity contribution in [2.45, 2.75) is 0 Å². The summed E-state index contributed by atoms with van der Waals surface area (Å²) in [6.45, 7) is 0. The average molecular weight is 441 g/mol. The summed E-state index contributed by atoms with van der Waals surface area (Å²) in [7, 11) is 0. The summed E-state index contributed by atoms with van der Waals surface area (Å²) in [5.74, 6) is 0. The van der Waals surface area contributed by atoms with E-state index < -0.39 is 0 Å². The van der Waals surface area contributed by atoms with Crippen LogP contribution in [0.5, 0.6) is 0 Å². The summed E-state index contributed by atoms with van der Waals surface area (Å²) in [4.78, 5) is 0. The molecule has 0 saturated heterocycles. The van der Waals surface area contributed by atoms with E-state index in [1.807, 2.05) is 0 Å². The van der Waals surface area contributed by atoms with Gasteiger partial charge < -0.3 is 0 Å². The quantitative estimate of drug-likeness (QED) is 0.402. The standard InChI is InChI=1S/Ba.Ga.In.Sn. The Morgan fingerprint density at radius 1 is 1.00 bits per heavy atom. The van der Waals surface area contributed by atoms with Crippen LogP contribution in [0.2, 0.25) is 0 Å². The maximum absolute atomic E-state index is 0. The molecular formula is BaGaInSn. The number of hydrogen-bond donors (Lipinski definition) is 0. The first-order valence-electron chi connectivity index (χ1n) is 0. The molecule has 0 unspecified atom stereocenters. The van der Waals surface area contributed by atoms with Crippen molar-refractivity contribution >= 4 is 118 Å². The molecule has 4 heteroatoms. The Morgan fingerprint density at radius 2 is 1.00 bits per heavy atom. The van der Waals surface area contributed by atoms with Crippen molar-refractivity contribution in [1.82, 2.24) is 0 Å². The monoisotopic (exact) mass is 442 g/mol. The van der Waals surface area contributed by atoms with Gasteiger partial charge in [-0.2, -0.15) is 0 Å². The molecule has 0 aliphatic carbocycles. The molecule has 0 saturated carbocycles. The molecule has 0 aromatic carbocycles. The predicted octanol–water partition coefficient (Wildman–Crippen LogP) is -1.52. The van der Waals surface area contributed by atoms with Gasteiger partial charge in [-0.25, -0.2) is 0 Å². The van der Waals surface area contributed by atoms with Crippen LogP contribution >= 0.6 is 0 Å². The molecule has 12 valence electrons. The van der Waals surface area contributed by atoms with Crippen molar-refractivity contribution in [2.24, 2.45) is 0 Å². The first-order chi connectivity index (χ1) is 0. The van der Waals surface area contributed by atoms with Gasteiger partial charge in [-0.15, -0.1) is 0 Å². The molecular weight excluding hydrogens is 441 g/mol. The van der Waals surface area contributed by atoms with E-state index in [1.165, 1.54) is 0 Å². The molecule has 12 radical (unpaired) electrons. The predicted molar refractivity (Wildman–Crippen MR) is 23.0 cm³/mol. The molecule has 0 spiro atoms. The smallest absolute Gasteiger partial charge is 0 e. The Labute approximate surface area is 115 Å². The molecule has 0 rings (SSSR count). The Bertz CT molecular complexity index is 8.00. The van der Waals surface area contributed by atoms with Gasteiger partial charge in [-0.05, 0) is 0 Å². The van der Waals surface area contributed by atoms with Gasteiger partial charge in [0.2, 0.25) is 0 Å². The normalized spacial score (nSPS) is 0. The molecule has 0 aromatic heterocycles. The van der Waals surface area contributed by atoms with E-state index in [2.05, 4.69) is 0 Å². The molecule has 0 fully saturated rings. The minimum absolute atomic E-state index is 0. The van der Waals surface area contributed by atoms with Crippen LogP contribution in [-0.4, -0.2) is 118 Å².